The summed E-state index contributed by atoms with van der Waals surface area (Å²) >= 11 is 0. The van der Waals surface area contributed by atoms with Crippen LogP contribution in [0.25, 0.3) is 5.95 Å². The lowest BCUT2D eigenvalue weighted by atomic mass is 10.3. The van der Waals surface area contributed by atoms with Gasteiger partial charge in [0.15, 0.2) is 5.56 Å². The van der Waals surface area contributed by atoms with Gasteiger partial charge in [-0.25, -0.2) is 4.68 Å². The Balaban J connectivity index is 2.60. The molecule has 19 heavy (non-hydrogen) atoms. The van der Waals surface area contributed by atoms with Crippen LogP contribution in [-0.2, 0) is 6.18 Å². The molecule has 0 aliphatic heterocycles. The van der Waals surface area contributed by atoms with Crippen molar-refractivity contribution < 1.29 is 22.3 Å². The molecule has 0 spiro atoms. The third kappa shape index (κ3) is 2.49. The van der Waals surface area contributed by atoms with Crippen molar-refractivity contribution in [3.63, 3.8) is 0 Å². The van der Waals surface area contributed by atoms with Gasteiger partial charge in [-0.1, -0.05) is 0 Å². The highest BCUT2D eigenvalue weighted by Gasteiger charge is 2.40. The Morgan fingerprint density at radius 1 is 1.26 bits per heavy atom. The highest BCUT2D eigenvalue weighted by Crippen LogP contribution is 2.36. The van der Waals surface area contributed by atoms with Crippen molar-refractivity contribution >= 4 is 0 Å². The maximum Gasteiger partial charge on any atom is 0.426 e. The Labute approximate surface area is 104 Å². The van der Waals surface area contributed by atoms with E-state index in [1.165, 1.54) is 6.20 Å². The van der Waals surface area contributed by atoms with Gasteiger partial charge in [-0.15, -0.1) is 0 Å². The van der Waals surface area contributed by atoms with Gasteiger partial charge >= 0.3 is 6.18 Å². The normalized spacial score (nSPS) is 11.7. The first-order chi connectivity index (χ1) is 8.82. The first-order valence-electron chi connectivity index (χ1n) is 5.04. The van der Waals surface area contributed by atoms with Crippen LogP contribution in [-0.4, -0.2) is 26.9 Å². The second-order valence-electron chi connectivity index (χ2n) is 3.60. The second-order valence-corrected chi connectivity index (χ2v) is 3.60. The number of hydrogen-bond acceptors (Lipinski definition) is 4. The van der Waals surface area contributed by atoms with Crippen LogP contribution in [0.1, 0.15) is 11.3 Å². The van der Waals surface area contributed by atoms with E-state index in [0.717, 1.165) is 11.8 Å². The molecule has 9 heteroatoms. The Morgan fingerprint density at radius 2 is 1.95 bits per heavy atom. The van der Waals surface area contributed by atoms with Crippen LogP contribution in [0.5, 0.6) is 5.88 Å². The molecular formula is C10H8F4N4O. The Hall–Kier alpha value is -2.19. The zero-order chi connectivity index (χ0) is 14.2. The fourth-order valence-corrected chi connectivity index (χ4v) is 1.42. The van der Waals surface area contributed by atoms with Gasteiger partial charge in [0.1, 0.15) is 0 Å². The minimum absolute atomic E-state index is 0.338. The highest BCUT2D eigenvalue weighted by atomic mass is 19.4. The quantitative estimate of drug-likeness (QED) is 0.623. The predicted molar refractivity (Wildman–Crippen MR) is 55.4 cm³/mol. The number of nitrogens with zero attached hydrogens (tertiary/aromatic N) is 4. The molecule has 0 unspecified atom stereocenters. The van der Waals surface area contributed by atoms with Crippen LogP contribution in [0.2, 0.25) is 0 Å². The summed E-state index contributed by atoms with van der Waals surface area (Å²) in [4.78, 5) is 6.66. The van der Waals surface area contributed by atoms with E-state index in [2.05, 4.69) is 19.8 Å². The average molecular weight is 276 g/mol. The van der Waals surface area contributed by atoms with Crippen molar-refractivity contribution in [2.24, 2.45) is 0 Å². The molecule has 2 rings (SSSR count). The molecule has 2 aromatic heterocycles. The minimum Gasteiger partial charge on any atom is -0.480 e. The maximum absolute atomic E-state index is 13.5. The molecule has 0 amide bonds. The fraction of sp³-hybridized carbons (Fsp3) is 0.300. The summed E-state index contributed by atoms with van der Waals surface area (Å²) in [7, 11) is 0.967. The van der Waals surface area contributed by atoms with Gasteiger partial charge in [0, 0.05) is 6.20 Å². The van der Waals surface area contributed by atoms with E-state index in [1.54, 1.807) is 13.0 Å². The van der Waals surface area contributed by atoms with Crippen molar-refractivity contribution in [2.45, 2.75) is 13.1 Å². The summed E-state index contributed by atoms with van der Waals surface area (Å²) in [5.74, 6) is -2.93. The summed E-state index contributed by atoms with van der Waals surface area (Å²) in [6.45, 7) is 1.66. The van der Waals surface area contributed by atoms with Crippen LogP contribution < -0.4 is 4.74 Å². The number of halogens is 4. The highest BCUT2D eigenvalue weighted by molar-refractivity contribution is 5.31. The molecule has 0 radical (unpaired) electrons. The van der Waals surface area contributed by atoms with Gasteiger partial charge in [0.2, 0.25) is 11.8 Å². The van der Waals surface area contributed by atoms with Crippen molar-refractivity contribution in [3.8, 4) is 11.8 Å². The predicted octanol–water partition coefficient (Wildman–Crippen LogP) is 2.14. The number of aryl methyl sites for hydroxylation is 1. The van der Waals surface area contributed by atoms with E-state index >= 15 is 0 Å². The van der Waals surface area contributed by atoms with Crippen LogP contribution in [0.4, 0.5) is 17.6 Å². The number of methoxy groups -OCH3 is 1. The first-order valence-corrected chi connectivity index (χ1v) is 5.04. The molecule has 0 bridgehead atoms. The summed E-state index contributed by atoms with van der Waals surface area (Å²) < 4.78 is 56.9. The third-order valence-electron chi connectivity index (χ3n) is 2.22. The lowest BCUT2D eigenvalue weighted by molar-refractivity contribution is -0.142. The van der Waals surface area contributed by atoms with Gasteiger partial charge in [0.05, 0.1) is 12.8 Å². The number of ether oxygens (including phenoxy) is 1. The Kier molecular flexibility index (Phi) is 3.13. The van der Waals surface area contributed by atoms with Crippen molar-refractivity contribution in [1.82, 2.24) is 19.7 Å². The van der Waals surface area contributed by atoms with E-state index in [4.69, 9.17) is 0 Å². The first kappa shape index (κ1) is 13.2. The van der Waals surface area contributed by atoms with Gasteiger partial charge in [-0.2, -0.15) is 32.6 Å². The Bertz CT molecular complexity index is 608. The zero-order valence-electron chi connectivity index (χ0n) is 9.86. The topological polar surface area (TPSA) is 52.8 Å². The van der Waals surface area contributed by atoms with E-state index in [0.29, 0.717) is 5.69 Å². The van der Waals surface area contributed by atoms with Gasteiger partial charge < -0.3 is 4.74 Å². The minimum atomic E-state index is -4.94. The number of hydrogen-bond donors (Lipinski definition) is 0. The molecule has 0 aliphatic rings. The molecule has 2 aromatic rings. The van der Waals surface area contributed by atoms with E-state index in [9.17, 15) is 17.6 Å². The number of alkyl halides is 3. The molecular weight excluding hydrogens is 268 g/mol. The standard InChI is InChI=1S/C10H8F4N4O/c1-5-3-4-18(17-5)9-15-7(11)6(10(12,13)14)8(16-9)19-2/h3-4H,1-2H3. The van der Waals surface area contributed by atoms with Crippen molar-refractivity contribution in [3.05, 3.63) is 29.5 Å². The largest absolute Gasteiger partial charge is 0.480 e. The van der Waals surface area contributed by atoms with Gasteiger partial charge in [-0.05, 0) is 13.0 Å². The van der Waals surface area contributed by atoms with E-state index in [1.807, 2.05) is 0 Å². The van der Waals surface area contributed by atoms with Crippen LogP contribution in [0.15, 0.2) is 12.3 Å². The number of aromatic nitrogens is 4. The van der Waals surface area contributed by atoms with E-state index < -0.39 is 23.6 Å². The molecule has 0 aliphatic carbocycles. The lowest BCUT2D eigenvalue weighted by Crippen LogP contribution is -2.16. The maximum atomic E-state index is 13.5. The van der Waals surface area contributed by atoms with Crippen LogP contribution in [0.3, 0.4) is 0 Å². The van der Waals surface area contributed by atoms with Crippen molar-refractivity contribution in [2.75, 3.05) is 7.11 Å². The summed E-state index contributed by atoms with van der Waals surface area (Å²) in [5, 5.41) is 3.88. The Morgan fingerprint density at radius 3 is 2.42 bits per heavy atom. The summed E-state index contributed by atoms with van der Waals surface area (Å²) in [5.41, 5.74) is -1.05. The lowest BCUT2D eigenvalue weighted by Gasteiger charge is -2.12. The monoisotopic (exact) mass is 276 g/mol. The second kappa shape index (κ2) is 4.48. The third-order valence-corrected chi connectivity index (χ3v) is 2.22. The molecule has 0 N–H and O–H groups in total. The number of rotatable bonds is 2. The van der Waals surface area contributed by atoms with Crippen molar-refractivity contribution in [1.29, 1.82) is 0 Å². The van der Waals surface area contributed by atoms with E-state index in [-0.39, 0.29) is 5.95 Å². The molecule has 0 aromatic carbocycles. The summed E-state index contributed by atoms with van der Waals surface area (Å²) in [6.07, 6.45) is -3.54. The SMILES string of the molecule is COc1nc(-n2ccc(C)n2)nc(F)c1C(F)(F)F. The average Bonchev–Trinajstić information content (AvgIpc) is 2.73. The molecule has 5 nitrogen and oxygen atoms in total. The molecule has 0 atom stereocenters. The van der Waals surface area contributed by atoms with Crippen LogP contribution >= 0.6 is 0 Å². The van der Waals surface area contributed by atoms with Crippen LogP contribution in [0, 0.1) is 12.9 Å². The molecule has 102 valence electrons. The molecule has 2 heterocycles. The molecule has 0 fully saturated rings. The smallest absolute Gasteiger partial charge is 0.426 e. The van der Waals surface area contributed by atoms with Gasteiger partial charge in [-0.3, -0.25) is 0 Å². The van der Waals surface area contributed by atoms with Gasteiger partial charge in [0.25, 0.3) is 5.95 Å². The summed E-state index contributed by atoms with van der Waals surface area (Å²) in [6, 6.07) is 1.57. The molecule has 0 saturated carbocycles. The zero-order valence-corrected chi connectivity index (χ0v) is 9.86. The molecule has 0 saturated heterocycles. The fourth-order valence-electron chi connectivity index (χ4n) is 1.42.